The van der Waals surface area contributed by atoms with Gasteiger partial charge >= 0.3 is 0 Å². The summed E-state index contributed by atoms with van der Waals surface area (Å²) >= 11 is 0. The standard InChI is InChI=1S/C14H10F2/c1-9-3-6-14(16)13(7-9)12-8-11(15)5-4-10(12)2/h3,6-8H,1-2H3. The van der Waals surface area contributed by atoms with E-state index in [4.69, 9.17) is 0 Å². The van der Waals surface area contributed by atoms with Crippen molar-refractivity contribution in [2.75, 3.05) is 0 Å². The lowest BCUT2D eigenvalue weighted by molar-refractivity contribution is 0.624. The number of aryl methyl sites for hydroxylation is 1. The van der Waals surface area contributed by atoms with Gasteiger partial charge in [0.15, 0.2) is 5.82 Å². The Morgan fingerprint density at radius 1 is 0.938 bits per heavy atom. The average molecular weight is 216 g/mol. The Labute approximate surface area is 93.5 Å². The van der Waals surface area contributed by atoms with E-state index in [1.54, 1.807) is 19.1 Å². The fraction of sp³-hybridized carbons (Fsp3) is 0.143. The molecule has 0 aliphatic heterocycles. The molecule has 0 fully saturated rings. The maximum absolute atomic E-state index is 13.6. The van der Waals surface area contributed by atoms with E-state index in [1.807, 2.05) is 6.92 Å². The van der Waals surface area contributed by atoms with Crippen LogP contribution in [-0.2, 0) is 0 Å². The van der Waals surface area contributed by atoms with Crippen molar-refractivity contribution in [3.05, 3.63) is 59.2 Å². The van der Waals surface area contributed by atoms with Crippen LogP contribution in [0.5, 0.6) is 0 Å². The maximum atomic E-state index is 13.6. The second-order valence-corrected chi connectivity index (χ2v) is 3.76. The van der Waals surface area contributed by atoms with Crippen LogP contribution in [0.25, 0.3) is 11.1 Å². The first kappa shape index (κ1) is 10.6. The molecule has 2 heteroatoms. The summed E-state index contributed by atoms with van der Waals surface area (Å²) in [5.41, 5.74) is 2.55. The first-order valence-corrected chi connectivity index (χ1v) is 4.94. The molecule has 16 heavy (non-hydrogen) atoms. The van der Waals surface area contributed by atoms with E-state index in [2.05, 4.69) is 12.1 Å². The minimum Gasteiger partial charge on any atom is -0.206 e. The SMILES string of the molecule is Cc1ccc(F)c(-c2cc(F)c#cc2C)c1. The molecule has 0 radical (unpaired) electrons. The fourth-order valence-electron chi connectivity index (χ4n) is 1.62. The lowest BCUT2D eigenvalue weighted by Gasteiger charge is -2.06. The smallest absolute Gasteiger partial charge is 0.174 e. The third-order valence-corrected chi connectivity index (χ3v) is 2.46. The van der Waals surface area contributed by atoms with Crippen LogP contribution in [-0.4, -0.2) is 0 Å². The van der Waals surface area contributed by atoms with Crippen molar-refractivity contribution in [1.82, 2.24) is 0 Å². The van der Waals surface area contributed by atoms with E-state index in [1.165, 1.54) is 12.1 Å². The van der Waals surface area contributed by atoms with Crippen molar-refractivity contribution >= 4 is 0 Å². The van der Waals surface area contributed by atoms with Gasteiger partial charge in [-0.15, -0.1) is 0 Å². The highest BCUT2D eigenvalue weighted by Crippen LogP contribution is 2.26. The van der Waals surface area contributed by atoms with Crippen molar-refractivity contribution < 1.29 is 8.78 Å². The van der Waals surface area contributed by atoms with Gasteiger partial charge < -0.3 is 0 Å². The Morgan fingerprint density at radius 3 is 2.44 bits per heavy atom. The molecular formula is C14H10F2. The lowest BCUT2D eigenvalue weighted by atomic mass is 10.00. The van der Waals surface area contributed by atoms with Crippen LogP contribution in [0.1, 0.15) is 11.1 Å². The van der Waals surface area contributed by atoms with Crippen LogP contribution in [0.4, 0.5) is 8.78 Å². The van der Waals surface area contributed by atoms with Crippen molar-refractivity contribution in [2.24, 2.45) is 0 Å². The van der Waals surface area contributed by atoms with Crippen LogP contribution in [0.3, 0.4) is 0 Å². The minimum atomic E-state index is -0.526. The molecule has 2 aromatic rings. The van der Waals surface area contributed by atoms with E-state index < -0.39 is 5.82 Å². The Morgan fingerprint density at radius 2 is 1.69 bits per heavy atom. The van der Waals surface area contributed by atoms with Gasteiger partial charge in [-0.1, -0.05) is 17.7 Å². The number of halogens is 2. The molecule has 0 aliphatic carbocycles. The summed E-state index contributed by atoms with van der Waals surface area (Å²) in [6.45, 7) is 3.63. The average Bonchev–Trinajstić information content (AvgIpc) is 2.25. The van der Waals surface area contributed by atoms with E-state index in [-0.39, 0.29) is 5.82 Å². The normalized spacial score (nSPS) is 10.0. The Hall–Kier alpha value is -1.88. The van der Waals surface area contributed by atoms with Gasteiger partial charge in [0.1, 0.15) is 5.82 Å². The van der Waals surface area contributed by atoms with Crippen LogP contribution >= 0.6 is 0 Å². The fourth-order valence-corrected chi connectivity index (χ4v) is 1.62. The molecule has 0 N–H and O–H groups in total. The zero-order valence-electron chi connectivity index (χ0n) is 9.07. The van der Waals surface area contributed by atoms with Crippen LogP contribution in [0.15, 0.2) is 24.3 Å². The molecule has 0 spiro atoms. The summed E-state index contributed by atoms with van der Waals surface area (Å²) in [5.74, 6) is -0.880. The predicted octanol–water partition coefficient (Wildman–Crippen LogP) is 3.85. The Bertz CT molecular complexity index is 481. The van der Waals surface area contributed by atoms with Crippen molar-refractivity contribution in [3.8, 4) is 11.1 Å². The first-order chi connectivity index (χ1) is 7.58. The van der Waals surface area contributed by atoms with Gasteiger partial charge in [0.2, 0.25) is 0 Å². The summed E-state index contributed by atoms with van der Waals surface area (Å²) in [6.07, 6.45) is 0. The third kappa shape index (κ3) is 1.90. The second-order valence-electron chi connectivity index (χ2n) is 3.76. The van der Waals surface area contributed by atoms with Crippen molar-refractivity contribution in [2.45, 2.75) is 13.8 Å². The molecular weight excluding hydrogens is 206 g/mol. The van der Waals surface area contributed by atoms with Gasteiger partial charge in [-0.05, 0) is 43.7 Å². The summed E-state index contributed by atoms with van der Waals surface area (Å²) in [5, 5.41) is 0. The topological polar surface area (TPSA) is 0 Å². The van der Waals surface area contributed by atoms with E-state index in [0.717, 1.165) is 5.56 Å². The molecule has 0 unspecified atom stereocenters. The summed E-state index contributed by atoms with van der Waals surface area (Å²) in [7, 11) is 0. The molecule has 0 heterocycles. The summed E-state index contributed by atoms with van der Waals surface area (Å²) < 4.78 is 26.7. The van der Waals surface area contributed by atoms with E-state index in [9.17, 15) is 8.78 Å². The molecule has 0 nitrogen and oxygen atoms in total. The minimum absolute atomic E-state index is 0.354. The van der Waals surface area contributed by atoms with Crippen LogP contribution in [0, 0.1) is 37.6 Å². The molecule has 2 rings (SSSR count). The van der Waals surface area contributed by atoms with Gasteiger partial charge in [0.25, 0.3) is 0 Å². The van der Waals surface area contributed by atoms with Gasteiger partial charge in [0, 0.05) is 11.1 Å². The van der Waals surface area contributed by atoms with Crippen LogP contribution < -0.4 is 0 Å². The zero-order valence-corrected chi connectivity index (χ0v) is 9.07. The molecule has 0 atom stereocenters. The van der Waals surface area contributed by atoms with E-state index >= 15 is 0 Å². The van der Waals surface area contributed by atoms with Crippen molar-refractivity contribution in [3.63, 3.8) is 0 Å². The number of hydrogen-bond acceptors (Lipinski definition) is 0. The second kappa shape index (κ2) is 3.94. The monoisotopic (exact) mass is 216 g/mol. The maximum Gasteiger partial charge on any atom is 0.174 e. The van der Waals surface area contributed by atoms with Crippen LogP contribution in [0.2, 0.25) is 0 Å². The highest BCUT2D eigenvalue weighted by molar-refractivity contribution is 5.67. The van der Waals surface area contributed by atoms with Gasteiger partial charge in [-0.3, -0.25) is 0 Å². The number of benzene rings is 1. The highest BCUT2D eigenvalue weighted by Gasteiger charge is 2.08. The Kier molecular flexibility index (Phi) is 2.62. The highest BCUT2D eigenvalue weighted by atomic mass is 19.1. The van der Waals surface area contributed by atoms with E-state index in [0.29, 0.717) is 16.7 Å². The molecule has 0 amide bonds. The lowest BCUT2D eigenvalue weighted by Crippen LogP contribution is -1.89. The summed E-state index contributed by atoms with van der Waals surface area (Å²) in [4.78, 5) is 0. The van der Waals surface area contributed by atoms with Gasteiger partial charge in [0.05, 0.1) is 0 Å². The molecule has 0 saturated carbocycles. The Balaban J connectivity index is 2.66. The molecule has 0 aromatic heterocycles. The quantitative estimate of drug-likeness (QED) is 0.679. The molecule has 2 aromatic carbocycles. The zero-order chi connectivity index (χ0) is 11.7. The van der Waals surface area contributed by atoms with Crippen molar-refractivity contribution in [1.29, 1.82) is 0 Å². The largest absolute Gasteiger partial charge is 0.206 e. The van der Waals surface area contributed by atoms with Gasteiger partial charge in [-0.2, -0.15) is 4.39 Å². The molecule has 0 bridgehead atoms. The predicted molar refractivity (Wildman–Crippen MR) is 58.9 cm³/mol. The molecule has 0 saturated heterocycles. The number of hydrogen-bond donors (Lipinski definition) is 0. The van der Waals surface area contributed by atoms with Gasteiger partial charge in [-0.25, -0.2) is 4.39 Å². The third-order valence-electron chi connectivity index (χ3n) is 2.46. The summed E-state index contributed by atoms with van der Waals surface area (Å²) in [6, 6.07) is 11.0. The first-order valence-electron chi connectivity index (χ1n) is 4.94. The molecule has 80 valence electrons. The molecule has 0 aliphatic rings. The number of rotatable bonds is 1.